The fourth-order valence-corrected chi connectivity index (χ4v) is 0.0833. The molecule has 0 saturated heterocycles. The molecule has 0 aromatic rings. The molecule has 0 aliphatic rings. The predicted molar refractivity (Wildman–Crippen MR) is 26.6 cm³/mol. The van der Waals surface area contributed by atoms with Crippen molar-refractivity contribution in [2.45, 2.75) is 0 Å². The monoisotopic (exact) mass is 130 g/mol. The first-order chi connectivity index (χ1) is 2.81. The summed E-state index contributed by atoms with van der Waals surface area (Å²) in [5.74, 6) is 0. The van der Waals surface area contributed by atoms with Crippen molar-refractivity contribution in [3.05, 3.63) is 0 Å². The Hall–Kier alpha value is 0.906. The summed E-state index contributed by atoms with van der Waals surface area (Å²) in [6, 6.07) is 0. The number of hydrogen-bond acceptors (Lipinski definition) is 3. The van der Waals surface area contributed by atoms with Gasteiger partial charge in [0.1, 0.15) is 0 Å². The van der Waals surface area contributed by atoms with E-state index < -0.39 is 6.16 Å². The average molecular weight is 130 g/mol. The van der Waals surface area contributed by atoms with Gasteiger partial charge < -0.3 is 9.47 Å². The maximum absolute atomic E-state index is 9.74. The number of ether oxygens (including phenoxy) is 2. The zero-order valence-corrected chi connectivity index (χ0v) is 3.72. The average Bonchev–Trinajstić information content (AvgIpc) is 1.65. The molecular formula is C3H7KO3. The van der Waals surface area contributed by atoms with E-state index in [1.807, 2.05) is 0 Å². The Morgan fingerprint density at radius 2 is 1.57 bits per heavy atom. The molecule has 0 aromatic carbocycles. The molecule has 0 saturated carbocycles. The second-order valence-corrected chi connectivity index (χ2v) is 0.658. The van der Waals surface area contributed by atoms with E-state index in [0.717, 1.165) is 0 Å². The van der Waals surface area contributed by atoms with E-state index in [2.05, 4.69) is 9.47 Å². The standard InChI is InChI=1S/C3H6O3.K.H/c1-5-3(4)6-2;;/h1-2H3;;. The van der Waals surface area contributed by atoms with Crippen molar-refractivity contribution in [1.29, 1.82) is 0 Å². The maximum atomic E-state index is 9.74. The van der Waals surface area contributed by atoms with Gasteiger partial charge in [0.15, 0.2) is 0 Å². The summed E-state index contributed by atoms with van der Waals surface area (Å²) >= 11 is 0. The second-order valence-electron chi connectivity index (χ2n) is 0.658. The van der Waals surface area contributed by atoms with Crippen LogP contribution in [-0.4, -0.2) is 71.8 Å². The molecule has 0 heterocycles. The van der Waals surface area contributed by atoms with Crippen LogP contribution in [0.3, 0.4) is 0 Å². The van der Waals surface area contributed by atoms with Gasteiger partial charge in [-0.15, -0.1) is 0 Å². The molecule has 0 radical (unpaired) electrons. The third kappa shape index (κ3) is 6.91. The van der Waals surface area contributed by atoms with Crippen molar-refractivity contribution >= 4 is 57.5 Å². The van der Waals surface area contributed by atoms with E-state index >= 15 is 0 Å². The van der Waals surface area contributed by atoms with E-state index in [1.165, 1.54) is 14.2 Å². The van der Waals surface area contributed by atoms with Gasteiger partial charge in [0.2, 0.25) is 0 Å². The third-order valence-corrected chi connectivity index (χ3v) is 0.333. The summed E-state index contributed by atoms with van der Waals surface area (Å²) in [5, 5.41) is 0. The summed E-state index contributed by atoms with van der Waals surface area (Å²) in [6.45, 7) is 0. The van der Waals surface area contributed by atoms with Crippen LogP contribution in [0.2, 0.25) is 0 Å². The Morgan fingerprint density at radius 1 is 1.29 bits per heavy atom. The molecule has 0 aromatic heterocycles. The Labute approximate surface area is 84.8 Å². The van der Waals surface area contributed by atoms with Crippen molar-refractivity contribution in [3.63, 3.8) is 0 Å². The number of methoxy groups -OCH3 is 2. The Bertz CT molecular complexity index is 48.1. The van der Waals surface area contributed by atoms with Crippen LogP contribution in [0.1, 0.15) is 0 Å². The summed E-state index contributed by atoms with van der Waals surface area (Å²) < 4.78 is 8.08. The zero-order valence-electron chi connectivity index (χ0n) is 3.72. The van der Waals surface area contributed by atoms with Gasteiger partial charge >= 0.3 is 57.5 Å². The van der Waals surface area contributed by atoms with Gasteiger partial charge in [0, 0.05) is 0 Å². The van der Waals surface area contributed by atoms with Crippen molar-refractivity contribution in [3.8, 4) is 0 Å². The Morgan fingerprint density at radius 3 is 1.57 bits per heavy atom. The van der Waals surface area contributed by atoms with E-state index in [4.69, 9.17) is 0 Å². The molecule has 0 bridgehead atoms. The van der Waals surface area contributed by atoms with Crippen LogP contribution in [-0.2, 0) is 9.47 Å². The van der Waals surface area contributed by atoms with Crippen LogP contribution in [0, 0.1) is 0 Å². The summed E-state index contributed by atoms with van der Waals surface area (Å²) in [4.78, 5) is 9.74. The number of carbonyl (C=O) groups excluding carboxylic acids is 1. The minimum absolute atomic E-state index is 0. The van der Waals surface area contributed by atoms with E-state index in [1.54, 1.807) is 0 Å². The summed E-state index contributed by atoms with van der Waals surface area (Å²) in [6.07, 6.45) is -0.657. The van der Waals surface area contributed by atoms with Crippen LogP contribution >= 0.6 is 0 Å². The first-order valence-electron chi connectivity index (χ1n) is 1.43. The molecule has 38 valence electrons. The van der Waals surface area contributed by atoms with Gasteiger partial charge in [-0.3, -0.25) is 0 Å². The molecule has 0 spiro atoms. The van der Waals surface area contributed by atoms with Crippen LogP contribution in [0.25, 0.3) is 0 Å². The molecule has 4 heteroatoms. The minimum atomic E-state index is -0.657. The molecule has 0 fully saturated rings. The number of rotatable bonds is 0. The molecule has 0 aliphatic heterocycles. The second kappa shape index (κ2) is 6.91. The molecule has 0 aliphatic carbocycles. The van der Waals surface area contributed by atoms with E-state index in [0.29, 0.717) is 0 Å². The van der Waals surface area contributed by atoms with Gasteiger partial charge in [-0.1, -0.05) is 0 Å². The summed E-state index contributed by atoms with van der Waals surface area (Å²) in [7, 11) is 2.51. The molecule has 0 amide bonds. The fourth-order valence-electron chi connectivity index (χ4n) is 0.0833. The van der Waals surface area contributed by atoms with E-state index in [-0.39, 0.29) is 51.4 Å². The van der Waals surface area contributed by atoms with E-state index in [9.17, 15) is 4.79 Å². The predicted octanol–water partition coefficient (Wildman–Crippen LogP) is -0.249. The van der Waals surface area contributed by atoms with Crippen LogP contribution in [0.4, 0.5) is 4.79 Å². The molecule has 0 rings (SSSR count). The topological polar surface area (TPSA) is 35.5 Å². The quantitative estimate of drug-likeness (QED) is 0.335. The normalized spacial score (nSPS) is 6.00. The van der Waals surface area contributed by atoms with Gasteiger partial charge in [-0.2, -0.15) is 0 Å². The van der Waals surface area contributed by atoms with Gasteiger partial charge in [0.05, 0.1) is 14.2 Å². The van der Waals surface area contributed by atoms with Crippen LogP contribution in [0.5, 0.6) is 0 Å². The van der Waals surface area contributed by atoms with Crippen molar-refractivity contribution in [2.24, 2.45) is 0 Å². The zero-order chi connectivity index (χ0) is 4.99. The number of carbonyl (C=O) groups is 1. The first-order valence-corrected chi connectivity index (χ1v) is 1.43. The molecular weight excluding hydrogens is 123 g/mol. The third-order valence-electron chi connectivity index (χ3n) is 0.333. The molecule has 3 nitrogen and oxygen atoms in total. The first kappa shape index (κ1) is 10.8. The molecule has 0 atom stereocenters. The summed E-state index contributed by atoms with van der Waals surface area (Å²) in [5.41, 5.74) is 0. The van der Waals surface area contributed by atoms with Crippen LogP contribution < -0.4 is 0 Å². The van der Waals surface area contributed by atoms with Gasteiger partial charge in [-0.05, 0) is 0 Å². The number of hydrogen-bond donors (Lipinski definition) is 0. The van der Waals surface area contributed by atoms with Crippen molar-refractivity contribution < 1.29 is 14.3 Å². The SMILES string of the molecule is COC(=O)OC.[KH]. The van der Waals surface area contributed by atoms with Gasteiger partial charge in [-0.25, -0.2) is 4.79 Å². The van der Waals surface area contributed by atoms with Gasteiger partial charge in [0.25, 0.3) is 0 Å². The molecule has 0 unspecified atom stereocenters. The van der Waals surface area contributed by atoms with Crippen LogP contribution in [0.15, 0.2) is 0 Å². The molecule has 7 heavy (non-hydrogen) atoms. The van der Waals surface area contributed by atoms with Crippen molar-refractivity contribution in [2.75, 3.05) is 14.2 Å². The fraction of sp³-hybridized carbons (Fsp3) is 0.667. The Kier molecular flexibility index (Phi) is 10.7. The Balaban J connectivity index is 0. The molecule has 0 N–H and O–H groups in total. The van der Waals surface area contributed by atoms with Crippen molar-refractivity contribution in [1.82, 2.24) is 0 Å².